The van der Waals surface area contributed by atoms with E-state index in [1.54, 1.807) is 6.07 Å². The van der Waals surface area contributed by atoms with Crippen LogP contribution in [0.2, 0.25) is 0 Å². The van der Waals surface area contributed by atoms with Gasteiger partial charge in [0.25, 0.3) is 0 Å². The predicted molar refractivity (Wildman–Crippen MR) is 102 cm³/mol. The van der Waals surface area contributed by atoms with Crippen molar-refractivity contribution in [2.45, 2.75) is 17.7 Å². The normalized spacial score (nSPS) is 11.9. The molecule has 0 saturated heterocycles. The van der Waals surface area contributed by atoms with Gasteiger partial charge in [0.2, 0.25) is 5.91 Å². The van der Waals surface area contributed by atoms with Crippen molar-refractivity contribution in [2.75, 3.05) is 23.1 Å². The smallest absolute Gasteiger partial charge is 0.239 e. The Balaban J connectivity index is 1.95. The van der Waals surface area contributed by atoms with Gasteiger partial charge in [-0.15, -0.1) is 0 Å². The van der Waals surface area contributed by atoms with Gasteiger partial charge < -0.3 is 5.32 Å². The van der Waals surface area contributed by atoms with E-state index in [-0.39, 0.29) is 16.3 Å². The number of hydrogen-bond donors (Lipinski definition) is 1. The number of carbonyl (C=O) groups is 1. The maximum atomic E-state index is 12.1. The van der Waals surface area contributed by atoms with Crippen LogP contribution < -0.4 is 5.32 Å². The Morgan fingerprint density at radius 1 is 0.923 bits per heavy atom. The van der Waals surface area contributed by atoms with E-state index in [1.807, 2.05) is 30.3 Å². The number of para-hydroxylation sites is 1. The average Bonchev–Trinajstić information content (AvgIpc) is 2.54. The average molecular weight is 396 g/mol. The summed E-state index contributed by atoms with van der Waals surface area (Å²) in [6, 6.07) is 15.4. The van der Waals surface area contributed by atoms with E-state index in [2.05, 4.69) is 5.32 Å². The summed E-state index contributed by atoms with van der Waals surface area (Å²) in [6.45, 7) is 0. The van der Waals surface area contributed by atoms with Crippen LogP contribution in [-0.2, 0) is 30.9 Å². The van der Waals surface area contributed by atoms with Crippen molar-refractivity contribution in [3.8, 4) is 0 Å². The van der Waals surface area contributed by atoms with Crippen LogP contribution in [0, 0.1) is 0 Å². The minimum absolute atomic E-state index is 0.0465. The highest BCUT2D eigenvalue weighted by atomic mass is 32.2. The Labute approximate surface area is 154 Å². The number of benzene rings is 2. The maximum absolute atomic E-state index is 12.1. The second-order valence-corrected chi connectivity index (χ2v) is 10.2. The molecule has 1 N–H and O–H groups in total. The zero-order chi connectivity index (χ0) is 19.2. The lowest BCUT2D eigenvalue weighted by Crippen LogP contribution is -2.25. The van der Waals surface area contributed by atoms with Gasteiger partial charge in [0.15, 0.2) is 19.7 Å². The van der Waals surface area contributed by atoms with Gasteiger partial charge in [0.1, 0.15) is 5.75 Å². The summed E-state index contributed by atoms with van der Waals surface area (Å²) in [6.07, 6.45) is 2.05. The molecule has 2 aromatic rings. The number of nitrogens with one attached hydrogen (secondary N) is 1. The molecule has 1 amide bonds. The molecule has 26 heavy (non-hydrogen) atoms. The molecule has 0 spiro atoms. The van der Waals surface area contributed by atoms with Crippen LogP contribution in [0.4, 0.5) is 5.69 Å². The minimum atomic E-state index is -3.58. The van der Waals surface area contributed by atoms with Gasteiger partial charge in [0.05, 0.1) is 16.3 Å². The second kappa shape index (κ2) is 8.46. The van der Waals surface area contributed by atoms with Crippen molar-refractivity contribution in [3.05, 3.63) is 60.2 Å². The van der Waals surface area contributed by atoms with Crippen molar-refractivity contribution >= 4 is 31.3 Å². The number of rotatable bonds is 8. The first-order valence-electron chi connectivity index (χ1n) is 8.01. The molecule has 2 aromatic carbocycles. The van der Waals surface area contributed by atoms with Crippen LogP contribution in [0.5, 0.6) is 0 Å². The zero-order valence-corrected chi connectivity index (χ0v) is 16.0. The van der Waals surface area contributed by atoms with Crippen molar-refractivity contribution in [1.82, 2.24) is 0 Å². The molecule has 8 heteroatoms. The third kappa shape index (κ3) is 6.27. The SMILES string of the molecule is CS(=O)(=O)c1ccccc1NC(=O)CS(=O)(=O)CCCc1ccccc1. The zero-order valence-electron chi connectivity index (χ0n) is 14.4. The minimum Gasteiger partial charge on any atom is -0.324 e. The van der Waals surface area contributed by atoms with Crippen LogP contribution in [0.1, 0.15) is 12.0 Å². The first-order valence-corrected chi connectivity index (χ1v) is 11.7. The summed E-state index contributed by atoms with van der Waals surface area (Å²) in [5, 5.41) is 2.38. The summed E-state index contributed by atoms with van der Waals surface area (Å²) in [5.74, 6) is -1.54. The molecule has 0 unspecified atom stereocenters. The summed E-state index contributed by atoms with van der Waals surface area (Å²) < 4.78 is 47.7. The Morgan fingerprint density at radius 3 is 2.19 bits per heavy atom. The van der Waals surface area contributed by atoms with E-state index < -0.39 is 31.3 Å². The largest absolute Gasteiger partial charge is 0.324 e. The van der Waals surface area contributed by atoms with E-state index in [9.17, 15) is 21.6 Å². The Kier molecular flexibility index (Phi) is 6.55. The standard InChI is InChI=1S/C18H21NO5S2/c1-25(21,22)17-12-6-5-11-16(17)19-18(20)14-26(23,24)13-7-10-15-8-3-2-4-9-15/h2-6,8-9,11-12H,7,10,13-14H2,1H3,(H,19,20). The van der Waals surface area contributed by atoms with E-state index >= 15 is 0 Å². The Hall–Kier alpha value is -2.19. The molecule has 0 heterocycles. The second-order valence-electron chi connectivity index (χ2n) is 6.00. The lowest BCUT2D eigenvalue weighted by molar-refractivity contribution is -0.113. The lowest BCUT2D eigenvalue weighted by atomic mass is 10.1. The molecule has 0 aromatic heterocycles. The highest BCUT2D eigenvalue weighted by molar-refractivity contribution is 7.92. The van der Waals surface area contributed by atoms with Crippen LogP contribution in [0.15, 0.2) is 59.5 Å². The van der Waals surface area contributed by atoms with E-state index in [0.717, 1.165) is 11.8 Å². The van der Waals surface area contributed by atoms with Crippen LogP contribution in [0.25, 0.3) is 0 Å². The van der Waals surface area contributed by atoms with Gasteiger partial charge >= 0.3 is 0 Å². The van der Waals surface area contributed by atoms with Crippen LogP contribution in [-0.4, -0.2) is 40.5 Å². The molecule has 140 valence electrons. The fourth-order valence-corrected chi connectivity index (χ4v) is 4.54. The van der Waals surface area contributed by atoms with Gasteiger partial charge in [-0.25, -0.2) is 16.8 Å². The molecule has 0 radical (unpaired) electrons. The Bertz CT molecular complexity index is 968. The molecule has 6 nitrogen and oxygen atoms in total. The third-order valence-corrected chi connectivity index (χ3v) is 6.44. The molecule has 0 atom stereocenters. The molecule has 0 aliphatic heterocycles. The first-order chi connectivity index (χ1) is 12.2. The fraction of sp³-hybridized carbons (Fsp3) is 0.278. The van der Waals surface area contributed by atoms with E-state index in [4.69, 9.17) is 0 Å². The summed E-state index contributed by atoms with van der Waals surface area (Å²) in [4.78, 5) is 12.0. The van der Waals surface area contributed by atoms with Crippen molar-refractivity contribution < 1.29 is 21.6 Å². The van der Waals surface area contributed by atoms with Gasteiger partial charge in [-0.2, -0.15) is 0 Å². The van der Waals surface area contributed by atoms with Crippen molar-refractivity contribution in [2.24, 2.45) is 0 Å². The van der Waals surface area contributed by atoms with Gasteiger partial charge in [-0.1, -0.05) is 42.5 Å². The Morgan fingerprint density at radius 2 is 1.54 bits per heavy atom. The number of amides is 1. The monoisotopic (exact) mass is 395 g/mol. The number of hydrogen-bond acceptors (Lipinski definition) is 5. The molecule has 0 fully saturated rings. The number of anilines is 1. The quantitative estimate of drug-likeness (QED) is 0.738. The maximum Gasteiger partial charge on any atom is 0.239 e. The van der Waals surface area contributed by atoms with E-state index in [1.165, 1.54) is 18.2 Å². The van der Waals surface area contributed by atoms with Crippen molar-refractivity contribution in [1.29, 1.82) is 0 Å². The van der Waals surface area contributed by atoms with Crippen molar-refractivity contribution in [3.63, 3.8) is 0 Å². The molecule has 0 aliphatic carbocycles. The molecule has 0 saturated carbocycles. The molecular weight excluding hydrogens is 374 g/mol. The summed E-state index contributed by atoms with van der Waals surface area (Å²) in [5.41, 5.74) is 1.12. The molecule has 0 bridgehead atoms. The van der Waals surface area contributed by atoms with Crippen LogP contribution >= 0.6 is 0 Å². The first kappa shape index (κ1) is 20.1. The predicted octanol–water partition coefficient (Wildman–Crippen LogP) is 2.08. The van der Waals surface area contributed by atoms with Gasteiger partial charge in [-0.3, -0.25) is 4.79 Å². The molecule has 0 aliphatic rings. The van der Waals surface area contributed by atoms with Gasteiger partial charge in [0, 0.05) is 6.26 Å². The fourth-order valence-electron chi connectivity index (χ4n) is 2.49. The number of sulfone groups is 2. The van der Waals surface area contributed by atoms with Crippen LogP contribution in [0.3, 0.4) is 0 Å². The number of aryl methyl sites for hydroxylation is 1. The molecule has 2 rings (SSSR count). The lowest BCUT2D eigenvalue weighted by Gasteiger charge is -2.10. The summed E-state index contributed by atoms with van der Waals surface area (Å²) >= 11 is 0. The summed E-state index contributed by atoms with van der Waals surface area (Å²) in [7, 11) is -7.11. The highest BCUT2D eigenvalue weighted by Crippen LogP contribution is 2.20. The third-order valence-electron chi connectivity index (χ3n) is 3.68. The van der Waals surface area contributed by atoms with Gasteiger partial charge in [-0.05, 0) is 30.5 Å². The molecular formula is C18H21NO5S2. The highest BCUT2D eigenvalue weighted by Gasteiger charge is 2.19. The van der Waals surface area contributed by atoms with E-state index in [0.29, 0.717) is 12.8 Å². The number of carbonyl (C=O) groups excluding carboxylic acids is 1. The topological polar surface area (TPSA) is 97.4 Å².